The molecule has 3 heterocycles. The molecule has 25 heavy (non-hydrogen) atoms. The maximum absolute atomic E-state index is 12.7. The smallest absolute Gasteiger partial charge is 0.261 e. The summed E-state index contributed by atoms with van der Waals surface area (Å²) in [6.45, 7) is 3.59. The molecule has 2 aliphatic rings. The van der Waals surface area contributed by atoms with E-state index in [1.54, 1.807) is 11.3 Å². The average molecular weight is 362 g/mol. The van der Waals surface area contributed by atoms with Gasteiger partial charge in [-0.1, -0.05) is 0 Å². The number of carbonyl (C=O) groups excluding carboxylic acids is 1. The van der Waals surface area contributed by atoms with Crippen LogP contribution in [0.1, 0.15) is 59.9 Å². The molecule has 1 saturated carbocycles. The summed E-state index contributed by atoms with van der Waals surface area (Å²) >= 11 is 1.56. The van der Waals surface area contributed by atoms with E-state index in [9.17, 15) is 4.79 Å². The number of nitrogens with two attached hydrogens (primary N) is 1. The third-order valence-electron chi connectivity index (χ3n) is 5.44. The number of hydrogen-bond acceptors (Lipinski definition) is 5. The first-order valence-corrected chi connectivity index (χ1v) is 10.1. The fourth-order valence-electron chi connectivity index (χ4n) is 3.88. The molecule has 2 aromatic rings. The number of rotatable bonds is 3. The van der Waals surface area contributed by atoms with Crippen LogP contribution in [-0.4, -0.2) is 41.0 Å². The number of amides is 1. The number of carbonyl (C=O) groups is 1. The Morgan fingerprint density at radius 2 is 2.00 bits per heavy atom. The summed E-state index contributed by atoms with van der Waals surface area (Å²) in [5.74, 6) is 0.0413. The minimum atomic E-state index is 0.0413. The van der Waals surface area contributed by atoms with E-state index in [-0.39, 0.29) is 11.9 Å². The summed E-state index contributed by atoms with van der Waals surface area (Å²) in [6.07, 6.45) is 5.92. The van der Waals surface area contributed by atoms with Crippen molar-refractivity contribution in [1.82, 2.24) is 15.1 Å². The Morgan fingerprint density at radius 3 is 2.72 bits per heavy atom. The van der Waals surface area contributed by atoms with E-state index >= 15 is 0 Å². The van der Waals surface area contributed by atoms with E-state index in [1.807, 2.05) is 13.0 Å². The highest BCUT2D eigenvalue weighted by molar-refractivity contribution is 7.20. The maximum Gasteiger partial charge on any atom is 0.261 e. The van der Waals surface area contributed by atoms with E-state index < -0.39 is 0 Å². The Morgan fingerprint density at radius 1 is 1.28 bits per heavy atom. The zero-order chi connectivity index (χ0) is 17.4. The molecule has 7 heteroatoms. The number of thiophene rings is 1. The van der Waals surface area contributed by atoms with Gasteiger partial charge in [0.2, 0.25) is 0 Å². The van der Waals surface area contributed by atoms with Gasteiger partial charge >= 0.3 is 0 Å². The van der Waals surface area contributed by atoms with Gasteiger partial charge in [0.1, 0.15) is 4.83 Å². The third-order valence-corrected chi connectivity index (χ3v) is 6.56. The van der Waals surface area contributed by atoms with Crippen LogP contribution in [0.15, 0.2) is 6.07 Å². The highest BCUT2D eigenvalue weighted by atomic mass is 32.1. The summed E-state index contributed by atoms with van der Waals surface area (Å²) in [4.78, 5) is 14.6. The zero-order valence-corrected chi connectivity index (χ0v) is 15.5. The number of aryl methyl sites for hydroxylation is 1. The molecule has 0 radical (unpaired) electrons. The first kappa shape index (κ1) is 17.0. The zero-order valence-electron chi connectivity index (χ0n) is 14.7. The molecule has 0 bridgehead atoms. The molecule has 0 atom stereocenters. The van der Waals surface area contributed by atoms with Gasteiger partial charge in [0.15, 0.2) is 0 Å². The number of fused-ring (bicyclic) bond motifs is 1. The minimum Gasteiger partial charge on any atom is -0.381 e. The predicted octanol–water partition coefficient (Wildman–Crippen LogP) is 2.76. The van der Waals surface area contributed by atoms with Gasteiger partial charge in [-0.25, -0.2) is 0 Å². The highest BCUT2D eigenvalue weighted by Gasteiger charge is 2.25. The first-order valence-electron chi connectivity index (χ1n) is 9.24. The molecule has 1 aliphatic heterocycles. The lowest BCUT2D eigenvalue weighted by atomic mass is 9.92. The van der Waals surface area contributed by atoms with Crippen LogP contribution in [0, 0.1) is 6.92 Å². The van der Waals surface area contributed by atoms with E-state index in [2.05, 4.69) is 10.00 Å². The molecule has 1 amide bonds. The monoisotopic (exact) mass is 362 g/mol. The lowest BCUT2D eigenvalue weighted by Crippen LogP contribution is -2.40. The van der Waals surface area contributed by atoms with Crippen molar-refractivity contribution in [3.8, 4) is 0 Å². The second-order valence-corrected chi connectivity index (χ2v) is 8.32. The molecule has 136 valence electrons. The van der Waals surface area contributed by atoms with Crippen LogP contribution >= 0.6 is 11.3 Å². The molecule has 3 N–H and O–H groups in total. The molecule has 0 unspecified atom stereocenters. The topological polar surface area (TPSA) is 82.2 Å². The first-order chi connectivity index (χ1) is 12.1. The molecule has 4 rings (SSSR count). The van der Waals surface area contributed by atoms with E-state index in [4.69, 9.17) is 15.6 Å². The summed E-state index contributed by atoms with van der Waals surface area (Å²) in [5, 5.41) is 9.02. The molecular weight excluding hydrogens is 336 g/mol. The Kier molecular flexibility index (Phi) is 4.80. The molecule has 0 spiro atoms. The van der Waals surface area contributed by atoms with Gasteiger partial charge in [-0.3, -0.25) is 9.48 Å². The normalized spacial score (nSPS) is 25.4. The third kappa shape index (κ3) is 3.45. The van der Waals surface area contributed by atoms with E-state index in [1.165, 1.54) is 0 Å². The molecule has 2 aromatic heterocycles. The summed E-state index contributed by atoms with van der Waals surface area (Å²) in [7, 11) is 0. The molecule has 1 aliphatic carbocycles. The Balaban J connectivity index is 1.53. The molecule has 2 fully saturated rings. The highest BCUT2D eigenvalue weighted by Crippen LogP contribution is 2.33. The summed E-state index contributed by atoms with van der Waals surface area (Å²) < 4.78 is 7.58. The van der Waals surface area contributed by atoms with Gasteiger partial charge < -0.3 is 15.8 Å². The van der Waals surface area contributed by atoms with Gasteiger partial charge in [-0.15, -0.1) is 11.3 Å². The largest absolute Gasteiger partial charge is 0.381 e. The molecule has 0 aromatic carbocycles. The van der Waals surface area contributed by atoms with Gasteiger partial charge in [0, 0.05) is 30.7 Å². The Labute approximate surface area is 151 Å². The number of ether oxygens (including phenoxy) is 1. The van der Waals surface area contributed by atoms with Crippen molar-refractivity contribution in [2.45, 2.75) is 63.6 Å². The van der Waals surface area contributed by atoms with Crippen molar-refractivity contribution in [1.29, 1.82) is 0 Å². The van der Waals surface area contributed by atoms with Crippen LogP contribution in [0.3, 0.4) is 0 Å². The molecule has 1 saturated heterocycles. The average Bonchev–Trinajstić information content (AvgIpc) is 3.19. The lowest BCUT2D eigenvalue weighted by molar-refractivity contribution is 0.0675. The van der Waals surface area contributed by atoms with Gasteiger partial charge in [0.05, 0.1) is 16.6 Å². The van der Waals surface area contributed by atoms with E-state index in [0.29, 0.717) is 12.1 Å². The van der Waals surface area contributed by atoms with Crippen LogP contribution in [-0.2, 0) is 4.74 Å². The fourth-order valence-corrected chi connectivity index (χ4v) is 5.02. The van der Waals surface area contributed by atoms with Gasteiger partial charge in [0.25, 0.3) is 5.91 Å². The van der Waals surface area contributed by atoms with Crippen molar-refractivity contribution >= 4 is 27.5 Å². The van der Waals surface area contributed by atoms with E-state index in [0.717, 1.165) is 72.5 Å². The van der Waals surface area contributed by atoms with Crippen molar-refractivity contribution in [2.75, 3.05) is 13.2 Å². The minimum absolute atomic E-state index is 0.0413. The van der Waals surface area contributed by atoms with Crippen LogP contribution in [0.5, 0.6) is 0 Å². The van der Waals surface area contributed by atoms with Crippen LogP contribution in [0.25, 0.3) is 10.2 Å². The second kappa shape index (κ2) is 7.05. The Hall–Kier alpha value is -1.44. The number of nitrogens with one attached hydrogen (secondary N) is 1. The summed E-state index contributed by atoms with van der Waals surface area (Å²) in [6, 6.07) is 2.93. The molecule has 6 nitrogen and oxygen atoms in total. The second-order valence-electron chi connectivity index (χ2n) is 7.29. The standard InChI is InChI=1S/C18H26N4O2S/c1-11-15-10-16(17(23)20-13-4-2-12(19)3-5-13)25-18(15)22(21-11)14-6-8-24-9-7-14/h10,12-14H,2-9,19H2,1H3,(H,20,23)/t12-,13+. The van der Waals surface area contributed by atoms with Crippen molar-refractivity contribution in [3.63, 3.8) is 0 Å². The van der Waals surface area contributed by atoms with Crippen molar-refractivity contribution in [2.24, 2.45) is 5.73 Å². The predicted molar refractivity (Wildman–Crippen MR) is 99.1 cm³/mol. The number of nitrogens with zero attached hydrogens (tertiary/aromatic N) is 2. The van der Waals surface area contributed by atoms with Gasteiger partial charge in [-0.05, 0) is 51.5 Å². The maximum atomic E-state index is 12.7. The number of aromatic nitrogens is 2. The van der Waals surface area contributed by atoms with Gasteiger partial charge in [-0.2, -0.15) is 5.10 Å². The SMILES string of the molecule is Cc1nn(C2CCOCC2)c2sc(C(=O)N[C@H]3CC[C@@H](N)CC3)cc12. The van der Waals surface area contributed by atoms with Crippen molar-refractivity contribution < 1.29 is 9.53 Å². The number of hydrogen-bond donors (Lipinski definition) is 2. The van der Waals surface area contributed by atoms with Crippen LogP contribution in [0.4, 0.5) is 0 Å². The van der Waals surface area contributed by atoms with Crippen LogP contribution < -0.4 is 11.1 Å². The Bertz CT molecular complexity index is 755. The van der Waals surface area contributed by atoms with Crippen molar-refractivity contribution in [3.05, 3.63) is 16.6 Å². The lowest BCUT2D eigenvalue weighted by Gasteiger charge is -2.26. The molecular formula is C18H26N4O2S. The van der Waals surface area contributed by atoms with Crippen LogP contribution in [0.2, 0.25) is 0 Å². The quantitative estimate of drug-likeness (QED) is 0.879. The summed E-state index contributed by atoms with van der Waals surface area (Å²) in [5.41, 5.74) is 6.95. The fraction of sp³-hybridized carbons (Fsp3) is 0.667.